The average molecular weight is 261 g/mol. The molecule has 0 spiro atoms. The first kappa shape index (κ1) is 13.9. The fraction of sp³-hybridized carbons (Fsp3) is 0.533. The summed E-state index contributed by atoms with van der Waals surface area (Å²) in [7, 11) is 0. The molecule has 1 heterocycles. The van der Waals surface area contributed by atoms with Crippen LogP contribution in [0.15, 0.2) is 30.3 Å². The normalized spacial score (nSPS) is 22.6. The molecule has 0 bridgehead atoms. The lowest BCUT2D eigenvalue weighted by molar-refractivity contribution is 0.246. The predicted octanol–water partition coefficient (Wildman–Crippen LogP) is 3.41. The third kappa shape index (κ3) is 3.47. The fourth-order valence-electron chi connectivity index (χ4n) is 2.40. The van der Waals surface area contributed by atoms with Gasteiger partial charge in [-0.25, -0.2) is 15.2 Å². The van der Waals surface area contributed by atoms with Gasteiger partial charge in [-0.3, -0.25) is 0 Å². The minimum atomic E-state index is -0.333. The van der Waals surface area contributed by atoms with Crippen LogP contribution >= 0.6 is 0 Å². The Balaban J connectivity index is 1.94. The van der Waals surface area contributed by atoms with Crippen molar-refractivity contribution < 1.29 is 4.79 Å². The van der Waals surface area contributed by atoms with E-state index in [2.05, 4.69) is 17.7 Å². The van der Waals surface area contributed by atoms with Gasteiger partial charge in [0.1, 0.15) is 5.66 Å². The first-order chi connectivity index (χ1) is 9.14. The second kappa shape index (κ2) is 6.06. The van der Waals surface area contributed by atoms with Crippen molar-refractivity contribution in [3.05, 3.63) is 30.3 Å². The summed E-state index contributed by atoms with van der Waals surface area (Å²) in [5, 5.41) is 4.63. The molecule has 2 amide bonds. The molecular formula is C15H23N3O. The molecule has 1 unspecified atom stereocenters. The summed E-state index contributed by atoms with van der Waals surface area (Å²) < 4.78 is 0. The number of carbonyl (C=O) groups excluding carboxylic acids is 1. The number of para-hydroxylation sites is 1. The minimum absolute atomic E-state index is 0.0795. The molecule has 1 saturated heterocycles. The smallest absolute Gasteiger partial charge is 0.317 e. The van der Waals surface area contributed by atoms with Crippen LogP contribution in [0.1, 0.15) is 46.0 Å². The van der Waals surface area contributed by atoms with Crippen LogP contribution < -0.4 is 15.8 Å². The molecule has 1 aliphatic rings. The highest BCUT2D eigenvalue weighted by Gasteiger charge is 2.38. The Labute approximate surface area is 115 Å². The molecule has 0 saturated carbocycles. The standard InChI is InChI=1S/C15H23N3O/c1-3-4-5-9-12-15(2)16-14(19)18(17-15)13-10-7-6-8-11-13/h6-8,10-11,17H,3-5,9,12H2,1-2H3,(H,16,19). The number of hydrogen-bond acceptors (Lipinski definition) is 2. The number of urea groups is 1. The zero-order valence-corrected chi connectivity index (χ0v) is 11.8. The van der Waals surface area contributed by atoms with Crippen molar-refractivity contribution in [2.45, 2.75) is 51.6 Å². The van der Waals surface area contributed by atoms with Crippen molar-refractivity contribution in [2.75, 3.05) is 5.01 Å². The van der Waals surface area contributed by atoms with Crippen molar-refractivity contribution in [1.29, 1.82) is 0 Å². The summed E-state index contributed by atoms with van der Waals surface area (Å²) in [5.41, 5.74) is 3.82. The van der Waals surface area contributed by atoms with Gasteiger partial charge in [-0.2, -0.15) is 0 Å². The Morgan fingerprint density at radius 3 is 2.58 bits per heavy atom. The van der Waals surface area contributed by atoms with Gasteiger partial charge >= 0.3 is 6.03 Å². The van der Waals surface area contributed by atoms with Gasteiger partial charge in [-0.15, -0.1) is 0 Å². The summed E-state index contributed by atoms with van der Waals surface area (Å²) in [4.78, 5) is 12.0. The van der Waals surface area contributed by atoms with Gasteiger partial charge in [0.25, 0.3) is 0 Å². The predicted molar refractivity (Wildman–Crippen MR) is 77.8 cm³/mol. The molecule has 2 N–H and O–H groups in total. The number of amides is 2. The van der Waals surface area contributed by atoms with Crippen LogP contribution in [0.25, 0.3) is 0 Å². The van der Waals surface area contributed by atoms with Crippen LogP contribution in [0.3, 0.4) is 0 Å². The third-order valence-corrected chi connectivity index (χ3v) is 3.49. The Morgan fingerprint density at radius 1 is 1.16 bits per heavy atom. The highest BCUT2D eigenvalue weighted by molar-refractivity contribution is 5.93. The number of unbranched alkanes of at least 4 members (excludes halogenated alkanes) is 3. The molecule has 1 aromatic rings. The minimum Gasteiger partial charge on any atom is -0.317 e. The van der Waals surface area contributed by atoms with E-state index in [4.69, 9.17) is 0 Å². The number of carbonyl (C=O) groups is 1. The summed E-state index contributed by atoms with van der Waals surface area (Å²) in [5.74, 6) is 0. The lowest BCUT2D eigenvalue weighted by Gasteiger charge is -2.25. The van der Waals surface area contributed by atoms with Gasteiger partial charge < -0.3 is 5.32 Å². The number of hydrazine groups is 1. The second-order valence-corrected chi connectivity index (χ2v) is 5.36. The topological polar surface area (TPSA) is 44.4 Å². The number of anilines is 1. The largest absolute Gasteiger partial charge is 0.338 e. The van der Waals surface area contributed by atoms with E-state index in [-0.39, 0.29) is 11.7 Å². The van der Waals surface area contributed by atoms with Crippen LogP contribution in [-0.4, -0.2) is 11.7 Å². The molecule has 2 rings (SSSR count). The summed E-state index contributed by atoms with van der Waals surface area (Å²) >= 11 is 0. The Morgan fingerprint density at radius 2 is 1.89 bits per heavy atom. The SMILES string of the molecule is CCCCCCC1(C)NC(=O)N(c2ccccc2)N1. The number of hydrogen-bond donors (Lipinski definition) is 2. The van der Waals surface area contributed by atoms with Crippen molar-refractivity contribution in [1.82, 2.24) is 10.7 Å². The maximum atomic E-state index is 12.0. The highest BCUT2D eigenvalue weighted by atomic mass is 16.2. The van der Waals surface area contributed by atoms with Crippen LogP contribution in [0.5, 0.6) is 0 Å². The first-order valence-electron chi connectivity index (χ1n) is 7.10. The molecule has 0 radical (unpaired) electrons. The van der Waals surface area contributed by atoms with E-state index in [1.807, 2.05) is 37.3 Å². The molecule has 4 heteroatoms. The second-order valence-electron chi connectivity index (χ2n) is 5.36. The molecule has 19 heavy (non-hydrogen) atoms. The highest BCUT2D eigenvalue weighted by Crippen LogP contribution is 2.22. The van der Waals surface area contributed by atoms with Gasteiger partial charge in [0.05, 0.1) is 5.69 Å². The molecule has 104 valence electrons. The molecule has 1 aromatic carbocycles. The van der Waals surface area contributed by atoms with Gasteiger partial charge in [0, 0.05) is 0 Å². The molecule has 1 fully saturated rings. The molecule has 0 aromatic heterocycles. The quantitative estimate of drug-likeness (QED) is 0.771. The lowest BCUT2D eigenvalue weighted by atomic mass is 10.0. The summed E-state index contributed by atoms with van der Waals surface area (Å²) in [6, 6.07) is 9.58. The van der Waals surface area contributed by atoms with Crippen LogP contribution in [0, 0.1) is 0 Å². The number of nitrogens with zero attached hydrogens (tertiary/aromatic N) is 1. The number of rotatable bonds is 6. The third-order valence-electron chi connectivity index (χ3n) is 3.49. The maximum Gasteiger partial charge on any atom is 0.338 e. The van der Waals surface area contributed by atoms with Crippen molar-refractivity contribution in [2.24, 2.45) is 0 Å². The van der Waals surface area contributed by atoms with Crippen LogP contribution in [0.4, 0.5) is 10.5 Å². The van der Waals surface area contributed by atoms with E-state index >= 15 is 0 Å². The first-order valence-corrected chi connectivity index (χ1v) is 7.10. The van der Waals surface area contributed by atoms with E-state index in [1.165, 1.54) is 19.3 Å². The fourth-order valence-corrected chi connectivity index (χ4v) is 2.40. The molecule has 0 aliphatic carbocycles. The molecule has 1 atom stereocenters. The van der Waals surface area contributed by atoms with E-state index in [1.54, 1.807) is 5.01 Å². The monoisotopic (exact) mass is 261 g/mol. The summed E-state index contributed by atoms with van der Waals surface area (Å²) in [6.07, 6.45) is 5.77. The zero-order chi connectivity index (χ0) is 13.7. The Kier molecular flexibility index (Phi) is 4.43. The molecule has 4 nitrogen and oxygen atoms in total. The van der Waals surface area contributed by atoms with Gasteiger partial charge in [0.15, 0.2) is 0 Å². The zero-order valence-electron chi connectivity index (χ0n) is 11.8. The van der Waals surface area contributed by atoms with Crippen LogP contribution in [0.2, 0.25) is 0 Å². The Bertz CT molecular complexity index is 421. The molecule has 1 aliphatic heterocycles. The van der Waals surface area contributed by atoms with Gasteiger partial charge in [-0.1, -0.05) is 44.4 Å². The number of benzene rings is 1. The lowest BCUT2D eigenvalue weighted by Crippen LogP contribution is -2.48. The van der Waals surface area contributed by atoms with E-state index in [9.17, 15) is 4.79 Å². The Hall–Kier alpha value is -1.55. The van der Waals surface area contributed by atoms with E-state index in [0.29, 0.717) is 0 Å². The van der Waals surface area contributed by atoms with Crippen molar-refractivity contribution in [3.8, 4) is 0 Å². The van der Waals surface area contributed by atoms with E-state index < -0.39 is 0 Å². The van der Waals surface area contributed by atoms with Crippen molar-refractivity contribution >= 4 is 11.7 Å². The van der Waals surface area contributed by atoms with Crippen LogP contribution in [-0.2, 0) is 0 Å². The maximum absolute atomic E-state index is 12.0. The van der Waals surface area contributed by atoms with Crippen molar-refractivity contribution in [3.63, 3.8) is 0 Å². The molecular weight excluding hydrogens is 238 g/mol. The van der Waals surface area contributed by atoms with E-state index in [0.717, 1.165) is 18.5 Å². The average Bonchev–Trinajstić information content (AvgIpc) is 2.72. The summed E-state index contributed by atoms with van der Waals surface area (Å²) in [6.45, 7) is 4.24. The van der Waals surface area contributed by atoms with Gasteiger partial charge in [0.2, 0.25) is 0 Å². The number of nitrogens with one attached hydrogen (secondary N) is 2. The van der Waals surface area contributed by atoms with Gasteiger partial charge in [-0.05, 0) is 31.9 Å².